The van der Waals surface area contributed by atoms with Crippen molar-refractivity contribution >= 4 is 17.4 Å². The van der Waals surface area contributed by atoms with E-state index in [0.29, 0.717) is 13.0 Å². The summed E-state index contributed by atoms with van der Waals surface area (Å²) in [6.45, 7) is 4.57. The molecule has 4 rings (SSSR count). The van der Waals surface area contributed by atoms with Gasteiger partial charge in [0.05, 0.1) is 12.2 Å². The summed E-state index contributed by atoms with van der Waals surface area (Å²) in [6, 6.07) is 18.1. The van der Waals surface area contributed by atoms with Crippen LogP contribution in [-0.4, -0.2) is 26.8 Å². The first-order valence-electron chi connectivity index (χ1n) is 10.1. The number of nitrogens with one attached hydrogen (secondary N) is 2. The number of nitrogens with zero attached hydrogens (tertiary/aromatic N) is 3. The Hall–Kier alpha value is -3.67. The van der Waals surface area contributed by atoms with Crippen LogP contribution in [0.4, 0.5) is 5.82 Å². The molecule has 1 amide bonds. The average Bonchev–Trinajstić information content (AvgIpc) is 3.13. The average molecular weight is 399 g/mol. The molecule has 0 aliphatic heterocycles. The predicted octanol–water partition coefficient (Wildman–Crippen LogP) is 4.38. The summed E-state index contributed by atoms with van der Waals surface area (Å²) in [5.41, 5.74) is 4.92. The highest BCUT2D eigenvalue weighted by molar-refractivity contribution is 5.80. The standard InChI is InChI=1S/C24H25N5O/c1-17-8-6-7-11-20(17)23-24(29-15-14-25-16-21(29)28-23)26-13-12-22(30)27-18(2)19-9-4-3-5-10-19/h3-11,14-16,18,26H,12-13H2,1-2H3,(H,27,30)/t18-/m0/s1. The Bertz CT molecular complexity index is 1150. The molecule has 2 aromatic carbocycles. The maximum Gasteiger partial charge on any atom is 0.222 e. The van der Waals surface area contributed by atoms with E-state index in [1.54, 1.807) is 12.4 Å². The maximum absolute atomic E-state index is 12.4. The number of carbonyl (C=O) groups excluding carboxylic acids is 1. The van der Waals surface area contributed by atoms with Crippen LogP contribution in [0.5, 0.6) is 0 Å². The zero-order valence-electron chi connectivity index (χ0n) is 17.2. The van der Waals surface area contributed by atoms with E-state index in [9.17, 15) is 4.79 Å². The Morgan fingerprint density at radius 2 is 1.87 bits per heavy atom. The van der Waals surface area contributed by atoms with Gasteiger partial charge in [-0.25, -0.2) is 4.98 Å². The van der Waals surface area contributed by atoms with Gasteiger partial charge in [0.25, 0.3) is 0 Å². The summed E-state index contributed by atoms with van der Waals surface area (Å²) in [6.07, 6.45) is 5.71. The minimum Gasteiger partial charge on any atom is -0.369 e. The number of imidazole rings is 1. The Labute approximate surface area is 176 Å². The van der Waals surface area contributed by atoms with Crippen molar-refractivity contribution in [2.45, 2.75) is 26.3 Å². The van der Waals surface area contributed by atoms with Crippen LogP contribution >= 0.6 is 0 Å². The van der Waals surface area contributed by atoms with Crippen molar-refractivity contribution in [2.75, 3.05) is 11.9 Å². The quantitative estimate of drug-likeness (QED) is 0.484. The number of carbonyl (C=O) groups is 1. The van der Waals surface area contributed by atoms with Gasteiger partial charge in [-0.1, -0.05) is 54.6 Å². The number of fused-ring (bicyclic) bond motifs is 1. The lowest BCUT2D eigenvalue weighted by molar-refractivity contribution is -0.121. The molecular formula is C24H25N5O. The highest BCUT2D eigenvalue weighted by Crippen LogP contribution is 2.30. The van der Waals surface area contributed by atoms with Crippen molar-refractivity contribution in [1.82, 2.24) is 19.7 Å². The highest BCUT2D eigenvalue weighted by atomic mass is 16.1. The van der Waals surface area contributed by atoms with E-state index in [2.05, 4.69) is 34.7 Å². The van der Waals surface area contributed by atoms with Crippen molar-refractivity contribution in [3.05, 3.63) is 84.3 Å². The number of benzene rings is 2. The van der Waals surface area contributed by atoms with E-state index in [1.165, 1.54) is 0 Å². The maximum atomic E-state index is 12.4. The second-order valence-corrected chi connectivity index (χ2v) is 7.31. The van der Waals surface area contributed by atoms with Crippen LogP contribution in [0.2, 0.25) is 0 Å². The second-order valence-electron chi connectivity index (χ2n) is 7.31. The smallest absolute Gasteiger partial charge is 0.222 e. The molecule has 30 heavy (non-hydrogen) atoms. The van der Waals surface area contributed by atoms with Crippen molar-refractivity contribution in [3.8, 4) is 11.3 Å². The van der Waals surface area contributed by atoms with Crippen LogP contribution in [-0.2, 0) is 4.79 Å². The van der Waals surface area contributed by atoms with E-state index in [4.69, 9.17) is 4.98 Å². The summed E-state index contributed by atoms with van der Waals surface area (Å²) in [4.78, 5) is 21.4. The monoisotopic (exact) mass is 399 g/mol. The van der Waals surface area contributed by atoms with Gasteiger partial charge in [0.1, 0.15) is 11.5 Å². The minimum atomic E-state index is -0.0249. The SMILES string of the molecule is Cc1ccccc1-c1nc2cnccn2c1NCCC(=O)N[C@@H](C)c1ccccc1. The molecule has 0 saturated carbocycles. The van der Waals surface area contributed by atoms with Crippen LogP contribution in [0.1, 0.15) is 30.5 Å². The molecule has 0 spiro atoms. The van der Waals surface area contributed by atoms with Crippen molar-refractivity contribution < 1.29 is 4.79 Å². The van der Waals surface area contributed by atoms with Gasteiger partial charge in [0, 0.05) is 30.9 Å². The molecule has 6 heteroatoms. The van der Waals surface area contributed by atoms with Gasteiger partial charge in [-0.2, -0.15) is 0 Å². The summed E-state index contributed by atoms with van der Waals surface area (Å²) in [7, 11) is 0. The second kappa shape index (κ2) is 8.78. The summed E-state index contributed by atoms with van der Waals surface area (Å²) in [5, 5.41) is 6.48. The van der Waals surface area contributed by atoms with Gasteiger partial charge in [0.2, 0.25) is 5.91 Å². The molecule has 0 aliphatic carbocycles. The molecule has 1 atom stereocenters. The van der Waals surface area contributed by atoms with E-state index in [-0.39, 0.29) is 11.9 Å². The lowest BCUT2D eigenvalue weighted by atomic mass is 10.1. The molecule has 0 aliphatic rings. The molecular weight excluding hydrogens is 374 g/mol. The third kappa shape index (κ3) is 4.17. The third-order valence-electron chi connectivity index (χ3n) is 5.15. The normalized spacial score (nSPS) is 11.9. The molecule has 0 unspecified atom stereocenters. The van der Waals surface area contributed by atoms with Gasteiger partial charge in [-0.15, -0.1) is 0 Å². The number of aryl methyl sites for hydroxylation is 1. The largest absolute Gasteiger partial charge is 0.369 e. The zero-order chi connectivity index (χ0) is 20.9. The number of anilines is 1. The van der Waals surface area contributed by atoms with Crippen molar-refractivity contribution in [3.63, 3.8) is 0 Å². The first-order valence-corrected chi connectivity index (χ1v) is 10.1. The molecule has 0 radical (unpaired) electrons. The lowest BCUT2D eigenvalue weighted by Gasteiger charge is -2.15. The summed E-state index contributed by atoms with van der Waals surface area (Å²) >= 11 is 0. The van der Waals surface area contributed by atoms with Crippen LogP contribution in [0.15, 0.2) is 73.2 Å². The molecule has 152 valence electrons. The highest BCUT2D eigenvalue weighted by Gasteiger charge is 2.16. The number of rotatable bonds is 7. The van der Waals surface area contributed by atoms with Crippen LogP contribution in [0.3, 0.4) is 0 Å². The van der Waals surface area contributed by atoms with Gasteiger partial charge in [-0.05, 0) is 25.0 Å². The molecule has 2 aromatic heterocycles. The van der Waals surface area contributed by atoms with Gasteiger partial charge < -0.3 is 10.6 Å². The van der Waals surface area contributed by atoms with E-state index in [0.717, 1.165) is 33.8 Å². The molecule has 0 bridgehead atoms. The van der Waals surface area contributed by atoms with Crippen LogP contribution < -0.4 is 10.6 Å². The molecule has 2 N–H and O–H groups in total. The zero-order valence-corrected chi connectivity index (χ0v) is 17.2. The van der Waals surface area contributed by atoms with Gasteiger partial charge in [0.15, 0.2) is 5.65 Å². The Morgan fingerprint density at radius 3 is 2.67 bits per heavy atom. The number of aromatic nitrogens is 3. The molecule has 0 fully saturated rings. The number of hydrogen-bond acceptors (Lipinski definition) is 4. The third-order valence-corrected chi connectivity index (χ3v) is 5.15. The molecule has 2 heterocycles. The molecule has 0 saturated heterocycles. The first-order chi connectivity index (χ1) is 14.6. The fraction of sp³-hybridized carbons (Fsp3) is 0.208. The lowest BCUT2D eigenvalue weighted by Crippen LogP contribution is -2.28. The van der Waals surface area contributed by atoms with Crippen molar-refractivity contribution in [1.29, 1.82) is 0 Å². The molecule has 6 nitrogen and oxygen atoms in total. The van der Waals surface area contributed by atoms with Crippen molar-refractivity contribution in [2.24, 2.45) is 0 Å². The van der Waals surface area contributed by atoms with E-state index >= 15 is 0 Å². The van der Waals surface area contributed by atoms with Gasteiger partial charge >= 0.3 is 0 Å². The van der Waals surface area contributed by atoms with Gasteiger partial charge in [-0.3, -0.25) is 14.2 Å². The van der Waals surface area contributed by atoms with E-state index in [1.807, 2.05) is 60.0 Å². The topological polar surface area (TPSA) is 71.3 Å². The van der Waals surface area contributed by atoms with Crippen LogP contribution in [0, 0.1) is 6.92 Å². The number of hydrogen-bond donors (Lipinski definition) is 2. The Balaban J connectivity index is 1.48. The molecule has 4 aromatic rings. The summed E-state index contributed by atoms with van der Waals surface area (Å²) in [5.74, 6) is 0.873. The Kier molecular flexibility index (Phi) is 5.75. The minimum absolute atomic E-state index is 0.00628. The fourth-order valence-corrected chi connectivity index (χ4v) is 3.54. The van der Waals surface area contributed by atoms with E-state index < -0.39 is 0 Å². The summed E-state index contributed by atoms with van der Waals surface area (Å²) < 4.78 is 1.97. The number of amides is 1. The fourth-order valence-electron chi connectivity index (χ4n) is 3.54. The first kappa shape index (κ1) is 19.6. The predicted molar refractivity (Wildman–Crippen MR) is 119 cm³/mol. The Morgan fingerprint density at radius 1 is 1.10 bits per heavy atom. The van der Waals surface area contributed by atoms with Crippen LogP contribution in [0.25, 0.3) is 16.9 Å².